The van der Waals surface area contributed by atoms with Gasteiger partial charge >= 0.3 is 5.97 Å². The van der Waals surface area contributed by atoms with Gasteiger partial charge in [-0.2, -0.15) is 0 Å². The number of anilines is 1. The molecule has 1 atom stereocenters. The van der Waals surface area contributed by atoms with Crippen LogP contribution in [0.3, 0.4) is 0 Å². The zero-order valence-corrected chi connectivity index (χ0v) is 16.0. The number of fused-ring (bicyclic) bond motifs is 1. The van der Waals surface area contributed by atoms with Crippen LogP contribution in [-0.2, 0) is 24.3 Å². The fourth-order valence-electron chi connectivity index (χ4n) is 2.63. The molecule has 1 aliphatic rings. The standard InChI is InChI=1S/C17H17N3O8S/c1-19-16(22)13-8-20(10-4-2-3-5-11(10)27-13)14(21)9-26-17(23)12-6-7-15(28-12)29(18,24)25/h2-7,13H,8-9H2,1H3,(H,19,22)(H2,18,24,25). The Morgan fingerprint density at radius 1 is 1.24 bits per heavy atom. The Morgan fingerprint density at radius 2 is 1.97 bits per heavy atom. The number of primary sulfonamides is 1. The number of para-hydroxylation sites is 2. The molecule has 1 aliphatic heterocycles. The average Bonchev–Trinajstić information content (AvgIpc) is 3.21. The lowest BCUT2D eigenvalue weighted by Crippen LogP contribution is -2.51. The lowest BCUT2D eigenvalue weighted by molar-refractivity contribution is -0.128. The van der Waals surface area contributed by atoms with E-state index in [1.807, 2.05) is 0 Å². The van der Waals surface area contributed by atoms with Gasteiger partial charge in [-0.1, -0.05) is 12.1 Å². The number of ether oxygens (including phenoxy) is 2. The largest absolute Gasteiger partial charge is 0.477 e. The minimum atomic E-state index is -4.12. The summed E-state index contributed by atoms with van der Waals surface area (Å²) in [4.78, 5) is 37.9. The SMILES string of the molecule is CNC(=O)C1CN(C(=O)COC(=O)c2ccc(S(N)(=O)=O)o2)c2ccccc2O1. The summed E-state index contributed by atoms with van der Waals surface area (Å²) in [6.45, 7) is -0.748. The van der Waals surface area contributed by atoms with Crippen LogP contribution in [0, 0.1) is 0 Å². The molecule has 3 N–H and O–H groups in total. The van der Waals surface area contributed by atoms with Crippen molar-refractivity contribution in [2.24, 2.45) is 5.14 Å². The first-order valence-corrected chi connectivity index (χ1v) is 9.82. The van der Waals surface area contributed by atoms with E-state index in [1.165, 1.54) is 11.9 Å². The summed E-state index contributed by atoms with van der Waals surface area (Å²) in [6, 6.07) is 8.67. The van der Waals surface area contributed by atoms with Gasteiger partial charge < -0.3 is 24.1 Å². The maximum absolute atomic E-state index is 12.6. The Balaban J connectivity index is 1.72. The van der Waals surface area contributed by atoms with Crippen molar-refractivity contribution in [2.75, 3.05) is 25.1 Å². The summed E-state index contributed by atoms with van der Waals surface area (Å²) in [5.74, 6) is -2.16. The lowest BCUT2D eigenvalue weighted by atomic mass is 10.1. The van der Waals surface area contributed by atoms with Crippen LogP contribution < -0.4 is 20.1 Å². The zero-order valence-electron chi connectivity index (χ0n) is 15.2. The van der Waals surface area contributed by atoms with Crippen LogP contribution in [0.15, 0.2) is 45.9 Å². The van der Waals surface area contributed by atoms with E-state index in [0.29, 0.717) is 11.4 Å². The molecule has 0 bridgehead atoms. The Kier molecular flexibility index (Phi) is 5.57. The van der Waals surface area contributed by atoms with Gasteiger partial charge in [-0.3, -0.25) is 9.59 Å². The highest BCUT2D eigenvalue weighted by molar-refractivity contribution is 7.89. The summed E-state index contributed by atoms with van der Waals surface area (Å²) in [5.41, 5.74) is 0.420. The van der Waals surface area contributed by atoms with E-state index in [9.17, 15) is 22.8 Å². The van der Waals surface area contributed by atoms with Crippen molar-refractivity contribution in [1.82, 2.24) is 5.32 Å². The molecule has 2 heterocycles. The molecule has 0 fully saturated rings. The van der Waals surface area contributed by atoms with Crippen molar-refractivity contribution in [3.8, 4) is 5.75 Å². The molecule has 29 heavy (non-hydrogen) atoms. The van der Waals surface area contributed by atoms with Gasteiger partial charge in [-0.15, -0.1) is 0 Å². The molecule has 2 aromatic rings. The average molecular weight is 423 g/mol. The first-order valence-electron chi connectivity index (χ1n) is 8.28. The molecule has 11 nitrogen and oxygen atoms in total. The third-order valence-corrected chi connectivity index (χ3v) is 4.78. The minimum Gasteiger partial charge on any atom is -0.477 e. The van der Waals surface area contributed by atoms with Gasteiger partial charge in [0.2, 0.25) is 10.9 Å². The van der Waals surface area contributed by atoms with Crippen LogP contribution in [0.1, 0.15) is 10.6 Å². The van der Waals surface area contributed by atoms with Crippen molar-refractivity contribution in [3.63, 3.8) is 0 Å². The molecule has 1 aromatic carbocycles. The summed E-state index contributed by atoms with van der Waals surface area (Å²) >= 11 is 0. The Labute approximate surface area is 165 Å². The third-order valence-electron chi connectivity index (χ3n) is 4.00. The number of furan rings is 1. The van der Waals surface area contributed by atoms with Gasteiger partial charge in [0.15, 0.2) is 12.7 Å². The van der Waals surface area contributed by atoms with E-state index >= 15 is 0 Å². The first kappa shape index (κ1) is 20.4. The fourth-order valence-corrected chi connectivity index (χ4v) is 3.09. The highest BCUT2D eigenvalue weighted by atomic mass is 32.2. The number of rotatable bonds is 5. The van der Waals surface area contributed by atoms with E-state index < -0.39 is 51.4 Å². The maximum atomic E-state index is 12.6. The molecule has 2 amide bonds. The second kappa shape index (κ2) is 7.93. The maximum Gasteiger partial charge on any atom is 0.374 e. The van der Waals surface area contributed by atoms with Crippen LogP contribution >= 0.6 is 0 Å². The van der Waals surface area contributed by atoms with Crippen LogP contribution in [0.2, 0.25) is 0 Å². The number of sulfonamides is 1. The number of hydrogen-bond donors (Lipinski definition) is 2. The topological polar surface area (TPSA) is 158 Å². The number of nitrogens with one attached hydrogen (secondary N) is 1. The fraction of sp³-hybridized carbons (Fsp3) is 0.235. The number of hydrogen-bond acceptors (Lipinski definition) is 8. The van der Waals surface area contributed by atoms with Crippen molar-refractivity contribution < 1.29 is 36.7 Å². The predicted octanol–water partition coefficient (Wildman–Crippen LogP) is -0.376. The highest BCUT2D eigenvalue weighted by Crippen LogP contribution is 2.33. The quantitative estimate of drug-likeness (QED) is 0.616. The zero-order chi connectivity index (χ0) is 21.2. The van der Waals surface area contributed by atoms with Crippen LogP contribution in [0.5, 0.6) is 5.75 Å². The first-order chi connectivity index (χ1) is 13.7. The smallest absolute Gasteiger partial charge is 0.374 e. The molecule has 1 aromatic heterocycles. The molecular formula is C17H17N3O8S. The molecular weight excluding hydrogens is 406 g/mol. The van der Waals surface area contributed by atoms with Crippen molar-refractivity contribution >= 4 is 33.5 Å². The third kappa shape index (κ3) is 4.38. The van der Waals surface area contributed by atoms with E-state index in [0.717, 1.165) is 12.1 Å². The number of amides is 2. The Morgan fingerprint density at radius 3 is 2.62 bits per heavy atom. The van der Waals surface area contributed by atoms with E-state index in [-0.39, 0.29) is 6.54 Å². The summed E-state index contributed by atoms with van der Waals surface area (Å²) in [7, 11) is -2.67. The summed E-state index contributed by atoms with van der Waals surface area (Å²) in [5, 5.41) is 6.75. The number of nitrogens with two attached hydrogens (primary N) is 1. The van der Waals surface area contributed by atoms with Crippen LogP contribution in [-0.4, -0.2) is 52.5 Å². The Hall–Kier alpha value is -3.38. The van der Waals surface area contributed by atoms with Gasteiger partial charge in [-0.25, -0.2) is 18.4 Å². The lowest BCUT2D eigenvalue weighted by Gasteiger charge is -2.33. The normalized spacial score (nSPS) is 15.8. The van der Waals surface area contributed by atoms with Crippen LogP contribution in [0.4, 0.5) is 5.69 Å². The monoisotopic (exact) mass is 423 g/mol. The number of likely N-dealkylation sites (N-methyl/N-ethyl adjacent to an activating group) is 1. The number of benzene rings is 1. The van der Waals surface area contributed by atoms with Gasteiger partial charge in [-0.05, 0) is 24.3 Å². The van der Waals surface area contributed by atoms with E-state index in [2.05, 4.69) is 5.32 Å². The number of nitrogens with zero attached hydrogens (tertiary/aromatic N) is 1. The number of carbonyl (C=O) groups is 3. The molecule has 3 rings (SSSR count). The number of carbonyl (C=O) groups excluding carboxylic acids is 3. The molecule has 0 saturated carbocycles. The summed E-state index contributed by atoms with van der Waals surface area (Å²) in [6.07, 6.45) is -0.933. The number of esters is 1. The van der Waals surface area contributed by atoms with E-state index in [1.54, 1.807) is 24.3 Å². The van der Waals surface area contributed by atoms with E-state index in [4.69, 9.17) is 19.0 Å². The highest BCUT2D eigenvalue weighted by Gasteiger charge is 2.33. The van der Waals surface area contributed by atoms with Crippen molar-refractivity contribution in [1.29, 1.82) is 0 Å². The molecule has 0 radical (unpaired) electrons. The van der Waals surface area contributed by atoms with Crippen molar-refractivity contribution in [3.05, 3.63) is 42.2 Å². The minimum absolute atomic E-state index is 0.0800. The van der Waals surface area contributed by atoms with Crippen molar-refractivity contribution in [2.45, 2.75) is 11.2 Å². The molecule has 0 spiro atoms. The van der Waals surface area contributed by atoms with Gasteiger partial charge in [0.05, 0.1) is 12.2 Å². The van der Waals surface area contributed by atoms with Crippen LogP contribution in [0.25, 0.3) is 0 Å². The molecule has 0 saturated heterocycles. The molecule has 12 heteroatoms. The molecule has 0 aliphatic carbocycles. The predicted molar refractivity (Wildman–Crippen MR) is 97.6 cm³/mol. The van der Waals surface area contributed by atoms with Gasteiger partial charge in [0.25, 0.3) is 21.8 Å². The Bertz CT molecular complexity index is 1060. The van der Waals surface area contributed by atoms with Gasteiger partial charge in [0.1, 0.15) is 5.75 Å². The van der Waals surface area contributed by atoms with Gasteiger partial charge in [0, 0.05) is 7.05 Å². The summed E-state index contributed by atoms with van der Waals surface area (Å²) < 4.78 is 37.7. The second-order valence-corrected chi connectivity index (χ2v) is 7.43. The second-order valence-electron chi connectivity index (χ2n) is 5.93. The molecule has 1 unspecified atom stereocenters. The molecule has 154 valence electrons.